The minimum Gasteiger partial charge on any atom is -0.450 e. The zero-order valence-corrected chi connectivity index (χ0v) is 55.8. The van der Waals surface area contributed by atoms with Gasteiger partial charge in [-0.1, -0.05) is 58.6 Å². The molecule has 1 unspecified atom stereocenters. The number of amides is 4. The molecular weight excluding hydrogens is 1260 g/mol. The molecule has 0 saturated carbocycles. The van der Waals surface area contributed by atoms with Crippen molar-refractivity contribution in [3.63, 3.8) is 0 Å². The first-order chi connectivity index (χ1) is 42.1. The number of fused-ring (bicyclic) bond motifs is 1. The van der Waals surface area contributed by atoms with Crippen LogP contribution in [-0.2, 0) is 74.0 Å². The first kappa shape index (κ1) is 68.0. The normalized spacial score (nSPS) is 25.4. The van der Waals surface area contributed by atoms with Gasteiger partial charge in [0.15, 0.2) is 44.2 Å². The van der Waals surface area contributed by atoms with Crippen molar-refractivity contribution in [2.24, 2.45) is 10.2 Å². The zero-order valence-electron chi connectivity index (χ0n) is 51.2. The Balaban J connectivity index is 0.959. The molecule has 1 aromatic carbocycles. The van der Waals surface area contributed by atoms with E-state index in [4.69, 9.17) is 58.4 Å². The molecule has 486 valence electrons. The fourth-order valence-electron chi connectivity index (χ4n) is 10.7. The Morgan fingerprint density at radius 2 is 1.70 bits per heavy atom. The third-order valence-corrected chi connectivity index (χ3v) is 25.4. The lowest BCUT2D eigenvalue weighted by Crippen LogP contribution is -2.50. The topological polar surface area (TPSA) is 320 Å². The number of nitrogens with zero attached hydrogens (tertiary/aromatic N) is 9. The molecule has 5 aliphatic heterocycles. The molecule has 34 heteroatoms. The molecule has 3 fully saturated rings. The number of aliphatic hydroxyl groups is 1. The third kappa shape index (κ3) is 16.3. The van der Waals surface area contributed by atoms with Crippen LogP contribution in [0, 0.1) is 0 Å². The molecule has 4 N–H and O–H groups in total. The van der Waals surface area contributed by atoms with Gasteiger partial charge in [0.2, 0.25) is 11.8 Å². The number of aliphatic hydroxyl groups excluding tert-OH is 1. The molecule has 7 heterocycles. The highest BCUT2D eigenvalue weighted by Gasteiger charge is 2.56. The average Bonchev–Trinajstić information content (AvgIpc) is 1.66. The Bertz CT molecular complexity index is 3370. The van der Waals surface area contributed by atoms with Gasteiger partial charge in [-0.05, 0) is 84.9 Å². The predicted molar refractivity (Wildman–Crippen MR) is 331 cm³/mol. The molecular formula is C55H79FN11O17P2SSi2+. The Hall–Kier alpha value is -5.42. The summed E-state index contributed by atoms with van der Waals surface area (Å²) in [5, 5.41) is 27.4. The summed E-state index contributed by atoms with van der Waals surface area (Å²) in [5.74, 6) is -1.03. The molecule has 9 rings (SSSR count). The summed E-state index contributed by atoms with van der Waals surface area (Å²) in [4.78, 5) is 85.7. The first-order valence-electron chi connectivity index (χ1n) is 29.4. The number of aromatic nitrogens is 4. The van der Waals surface area contributed by atoms with Gasteiger partial charge in [-0.3, -0.25) is 32.8 Å². The van der Waals surface area contributed by atoms with Crippen molar-refractivity contribution < 1.29 is 79.6 Å². The van der Waals surface area contributed by atoms with E-state index in [1.54, 1.807) is 35.4 Å². The number of alkyl halides is 1. The van der Waals surface area contributed by atoms with Crippen LogP contribution in [0.5, 0.6) is 0 Å². The van der Waals surface area contributed by atoms with Crippen LogP contribution < -0.4 is 16.2 Å². The van der Waals surface area contributed by atoms with Gasteiger partial charge in [0.05, 0.1) is 64.7 Å². The van der Waals surface area contributed by atoms with Gasteiger partial charge in [0.1, 0.15) is 49.7 Å². The smallest absolute Gasteiger partial charge is 0.450 e. The van der Waals surface area contributed by atoms with Crippen LogP contribution >= 0.6 is 15.0 Å². The molecule has 1 aliphatic carbocycles. The highest BCUT2D eigenvalue weighted by atomic mass is 32.5. The molecule has 3 aromatic rings. The molecule has 0 spiro atoms. The number of benzene rings is 1. The standard InChI is InChI=1S/C55H78FN11O17P2SSi2/c1-34(69)64-19-13-16-38(64)29-78-86(87,79-30-41-46(82-85(74)75)44(56)52(81-41)67-27-37-18-17-36-26-66(61-24-39(62-67)43(36)37)50(71)35-14-11-10-12-15-35)83-48-47(84-89(8,9)55(2,3)4)40(28-68)80-53(48)65-32-58-45-49(65)59-31-63(51(45)72)20-21-76-33-60-42(70)25-57-54(73)77-22-23-88(5,6)7/h10-12,14-15,24,27,31-32,38,40-41,44,46-48,52-53,68H,13,16-23,25-26,28-30,33H2,1-9H3,(H2-,57,60,70,73,74,75)/p+1/t38-,40-,41-,44-,46-,47-,48-,52-,53-,86-/m1/s1. The molecule has 2 aromatic heterocycles. The van der Waals surface area contributed by atoms with E-state index in [1.807, 2.05) is 39.9 Å². The van der Waals surface area contributed by atoms with Crippen LogP contribution in [0.4, 0.5) is 9.18 Å². The second-order valence-electron chi connectivity index (χ2n) is 25.0. The quantitative estimate of drug-likeness (QED) is 0.0330. The lowest BCUT2D eigenvalue weighted by molar-refractivity contribution is -0.130. The van der Waals surface area contributed by atoms with E-state index in [0.717, 1.165) is 22.8 Å². The molecule has 0 radical (unpaired) electrons. The van der Waals surface area contributed by atoms with E-state index in [1.165, 1.54) is 44.9 Å². The van der Waals surface area contributed by atoms with Gasteiger partial charge in [0.25, 0.3) is 11.5 Å². The molecule has 6 aliphatic rings. The van der Waals surface area contributed by atoms with Gasteiger partial charge in [-0.25, -0.2) is 29.2 Å². The Kier molecular flexibility index (Phi) is 21.9. The largest absolute Gasteiger partial charge is 0.695 e. The number of allylic oxidation sites excluding steroid dienone is 2. The molecule has 4 amide bonds. The lowest BCUT2D eigenvalue weighted by atomic mass is 10.0. The maximum atomic E-state index is 17.1. The maximum Gasteiger partial charge on any atom is 0.695 e. The van der Waals surface area contributed by atoms with Gasteiger partial charge < -0.3 is 53.1 Å². The van der Waals surface area contributed by atoms with E-state index < -0.39 is 122 Å². The van der Waals surface area contributed by atoms with Crippen molar-refractivity contribution in [1.29, 1.82) is 0 Å². The minimum absolute atomic E-state index is 0.00259. The van der Waals surface area contributed by atoms with Gasteiger partial charge in [0, 0.05) is 43.4 Å². The number of alkyl carbamates (subject to hydrolysis) is 1. The van der Waals surface area contributed by atoms with E-state index >= 15 is 4.39 Å². The summed E-state index contributed by atoms with van der Waals surface area (Å²) in [7, 11) is -7.66. The van der Waals surface area contributed by atoms with E-state index in [9.17, 15) is 38.5 Å². The molecule has 0 bridgehead atoms. The Morgan fingerprint density at radius 3 is 2.40 bits per heavy atom. The molecule has 3 saturated heterocycles. The first-order valence-corrected chi connectivity index (χ1v) is 39.7. The van der Waals surface area contributed by atoms with Gasteiger partial charge in [-0.15, -0.1) is 9.42 Å². The Morgan fingerprint density at radius 1 is 0.955 bits per heavy atom. The van der Waals surface area contributed by atoms with Gasteiger partial charge in [-0.2, -0.15) is 10.2 Å². The van der Waals surface area contributed by atoms with Crippen LogP contribution in [0.1, 0.15) is 70.0 Å². The summed E-state index contributed by atoms with van der Waals surface area (Å²) < 4.78 is 88.5. The van der Waals surface area contributed by atoms with Crippen molar-refractivity contribution in [2.45, 2.75) is 159 Å². The zero-order chi connectivity index (χ0) is 64.2. The number of likely N-dealkylation sites (tertiary alicyclic amines) is 1. The van der Waals surface area contributed by atoms with Crippen LogP contribution in [0.2, 0.25) is 43.8 Å². The number of hydrogen-bond acceptors (Lipinski definition) is 22. The monoisotopic (exact) mass is 1330 g/mol. The number of carbonyl (C=O) groups excluding carboxylic acids is 4. The van der Waals surface area contributed by atoms with Crippen LogP contribution in [0.25, 0.3) is 11.2 Å². The van der Waals surface area contributed by atoms with Crippen molar-refractivity contribution in [3.05, 3.63) is 81.8 Å². The van der Waals surface area contributed by atoms with E-state index in [2.05, 4.69) is 45.3 Å². The highest BCUT2D eigenvalue weighted by Crippen LogP contribution is 2.56. The highest BCUT2D eigenvalue weighted by molar-refractivity contribution is 8.07. The number of ether oxygens (including phenoxy) is 4. The number of hydrogen-bond donors (Lipinski definition) is 4. The predicted octanol–water partition coefficient (Wildman–Crippen LogP) is 5.57. The van der Waals surface area contributed by atoms with Gasteiger partial charge >= 0.3 is 21.1 Å². The van der Waals surface area contributed by atoms with Crippen molar-refractivity contribution in [1.82, 2.24) is 44.7 Å². The third-order valence-electron chi connectivity index (χ3n) is 16.5. The number of imidazole rings is 1. The summed E-state index contributed by atoms with van der Waals surface area (Å²) in [6, 6.07) is 9.04. The SMILES string of the molecule is CC(=O)N1CCC[C@@H]1CO[P@@](=S)(OC[C@H]1O[C@@H](N2C=C3CCC4=C3C(=N2)C=NN(C(=O)c2ccccc2)C4)[C@H](F)[C@@H]1O[P+](=O)O)O[C@@H]1[C@H](O[Si](C)(C)C(C)(C)C)[C@@H](CO)O[C@H]1n1cnc2c(=O)n(CCOCNC(=O)CNC(=O)OCC[Si](C)(C)C)cnc21. The minimum atomic E-state index is -4.29. The second-order valence-corrected chi connectivity index (χ2v) is 39.0. The summed E-state index contributed by atoms with van der Waals surface area (Å²) in [6.07, 6.45) is -4.43. The summed E-state index contributed by atoms with van der Waals surface area (Å²) in [6.45, 7) is 12.6. The van der Waals surface area contributed by atoms with Crippen molar-refractivity contribution in [2.75, 3.05) is 59.4 Å². The fraction of sp³-hybridized carbons (Fsp3) is 0.618. The second kappa shape index (κ2) is 28.6. The fourth-order valence-corrected chi connectivity index (χ4v) is 15.2. The van der Waals surface area contributed by atoms with Crippen molar-refractivity contribution >= 4 is 90.1 Å². The molecule has 11 atom stereocenters. The van der Waals surface area contributed by atoms with Crippen LogP contribution in [0.15, 0.2) is 80.9 Å². The molecule has 89 heavy (non-hydrogen) atoms. The van der Waals surface area contributed by atoms with Crippen LogP contribution in [0.3, 0.4) is 0 Å². The summed E-state index contributed by atoms with van der Waals surface area (Å²) in [5.41, 5.74) is 2.68. The lowest BCUT2D eigenvalue weighted by Gasteiger charge is -2.41. The molecule has 28 nitrogen and oxygen atoms in total. The van der Waals surface area contributed by atoms with Crippen molar-refractivity contribution in [3.8, 4) is 0 Å². The van der Waals surface area contributed by atoms with E-state index in [0.29, 0.717) is 43.5 Å². The van der Waals surface area contributed by atoms with Crippen LogP contribution in [-0.4, -0.2) is 205 Å². The average molecular weight is 1340 g/mol. The summed E-state index contributed by atoms with van der Waals surface area (Å²) >= 11 is 6.32. The Labute approximate surface area is 522 Å². The number of nitrogens with one attached hydrogen (secondary N) is 2. The maximum absolute atomic E-state index is 17.1. The number of halogens is 1. The number of hydrazone groups is 2. The number of rotatable bonds is 26. The number of carbonyl (C=O) groups is 4. The van der Waals surface area contributed by atoms with E-state index in [-0.39, 0.29) is 69.2 Å².